The summed E-state index contributed by atoms with van der Waals surface area (Å²) in [6.07, 6.45) is 0.920. The SMILES string of the molecule is CN=C(NCCNS(=O)(=O)c1ccc(C)s1)NC(C)Cc1ccc(C)s1. The monoisotopic (exact) mass is 414 g/mol. The molecule has 0 aliphatic heterocycles. The van der Waals surface area contributed by atoms with Crippen LogP contribution < -0.4 is 15.4 Å². The summed E-state index contributed by atoms with van der Waals surface area (Å²) in [5.74, 6) is 0.664. The fraction of sp³-hybridized carbons (Fsp3) is 0.471. The van der Waals surface area contributed by atoms with Gasteiger partial charge in [0.1, 0.15) is 4.21 Å². The molecule has 0 aliphatic rings. The highest BCUT2D eigenvalue weighted by atomic mass is 32.2. The van der Waals surface area contributed by atoms with Crippen molar-refractivity contribution in [2.45, 2.75) is 37.4 Å². The van der Waals surface area contributed by atoms with Crippen molar-refractivity contribution in [3.05, 3.63) is 38.9 Å². The minimum absolute atomic E-state index is 0.227. The van der Waals surface area contributed by atoms with Crippen LogP contribution in [0, 0.1) is 13.8 Å². The summed E-state index contributed by atoms with van der Waals surface area (Å²) in [6.45, 7) is 6.83. The molecule has 0 bridgehead atoms. The Bertz CT molecular complexity index is 840. The van der Waals surface area contributed by atoms with Gasteiger partial charge >= 0.3 is 0 Å². The molecule has 2 aromatic heterocycles. The molecule has 0 saturated heterocycles. The average Bonchev–Trinajstić information content (AvgIpc) is 3.19. The molecule has 2 heterocycles. The maximum Gasteiger partial charge on any atom is 0.250 e. The molecule has 0 radical (unpaired) electrons. The van der Waals surface area contributed by atoms with Gasteiger partial charge in [-0.3, -0.25) is 4.99 Å². The number of hydrogen-bond acceptors (Lipinski definition) is 5. The molecule has 1 atom stereocenters. The van der Waals surface area contributed by atoms with Crippen molar-refractivity contribution in [3.8, 4) is 0 Å². The molecule has 144 valence electrons. The van der Waals surface area contributed by atoms with E-state index in [0.717, 1.165) is 11.3 Å². The summed E-state index contributed by atoms with van der Waals surface area (Å²) < 4.78 is 27.3. The van der Waals surface area contributed by atoms with Gasteiger partial charge in [0.15, 0.2) is 5.96 Å². The van der Waals surface area contributed by atoms with Crippen LogP contribution in [0.1, 0.15) is 21.6 Å². The Morgan fingerprint density at radius 3 is 2.38 bits per heavy atom. The van der Waals surface area contributed by atoms with Gasteiger partial charge in [-0.2, -0.15) is 0 Å². The summed E-state index contributed by atoms with van der Waals surface area (Å²) in [5, 5.41) is 6.47. The van der Waals surface area contributed by atoms with Crippen molar-refractivity contribution in [1.82, 2.24) is 15.4 Å². The van der Waals surface area contributed by atoms with Gasteiger partial charge < -0.3 is 10.6 Å². The molecule has 2 rings (SSSR count). The summed E-state index contributed by atoms with van der Waals surface area (Å²) in [7, 11) is -1.73. The second-order valence-corrected chi connectivity index (χ2v) is 10.7. The van der Waals surface area contributed by atoms with Crippen LogP contribution in [0.25, 0.3) is 0 Å². The Morgan fingerprint density at radius 1 is 1.12 bits per heavy atom. The van der Waals surface area contributed by atoms with Crippen molar-refractivity contribution >= 4 is 38.7 Å². The van der Waals surface area contributed by atoms with E-state index < -0.39 is 10.0 Å². The topological polar surface area (TPSA) is 82.6 Å². The molecule has 0 fully saturated rings. The van der Waals surface area contributed by atoms with Gasteiger partial charge in [0.25, 0.3) is 0 Å². The van der Waals surface area contributed by atoms with Crippen molar-refractivity contribution in [2.24, 2.45) is 4.99 Å². The van der Waals surface area contributed by atoms with Crippen LogP contribution in [-0.2, 0) is 16.4 Å². The minimum Gasteiger partial charge on any atom is -0.355 e. The Kier molecular flexibility index (Phi) is 7.63. The number of hydrogen-bond donors (Lipinski definition) is 3. The quantitative estimate of drug-likeness (QED) is 0.352. The summed E-state index contributed by atoms with van der Waals surface area (Å²) in [6, 6.07) is 7.94. The third kappa shape index (κ3) is 6.39. The lowest BCUT2D eigenvalue weighted by Crippen LogP contribution is -2.45. The van der Waals surface area contributed by atoms with Crippen LogP contribution in [0.3, 0.4) is 0 Å². The Balaban J connectivity index is 1.74. The summed E-state index contributed by atoms with van der Waals surface area (Å²) in [4.78, 5) is 7.81. The second kappa shape index (κ2) is 9.50. The zero-order chi connectivity index (χ0) is 19.2. The van der Waals surface area contributed by atoms with Gasteiger partial charge in [-0.1, -0.05) is 0 Å². The Labute approximate surface area is 163 Å². The van der Waals surface area contributed by atoms with E-state index in [1.807, 2.05) is 6.92 Å². The van der Waals surface area contributed by atoms with Crippen LogP contribution >= 0.6 is 22.7 Å². The zero-order valence-electron chi connectivity index (χ0n) is 15.5. The highest BCUT2D eigenvalue weighted by Gasteiger charge is 2.15. The van der Waals surface area contributed by atoms with E-state index in [1.165, 1.54) is 21.1 Å². The van der Waals surface area contributed by atoms with Gasteiger partial charge in [-0.25, -0.2) is 13.1 Å². The van der Waals surface area contributed by atoms with E-state index >= 15 is 0 Å². The highest BCUT2D eigenvalue weighted by molar-refractivity contribution is 7.91. The molecule has 0 saturated carbocycles. The first kappa shape index (κ1) is 20.9. The number of sulfonamides is 1. The maximum atomic E-state index is 12.2. The second-order valence-electron chi connectivity index (χ2n) is 6.02. The predicted molar refractivity (Wildman–Crippen MR) is 111 cm³/mol. The van der Waals surface area contributed by atoms with E-state index in [2.05, 4.69) is 46.3 Å². The minimum atomic E-state index is -3.44. The van der Waals surface area contributed by atoms with Crippen molar-refractivity contribution < 1.29 is 8.42 Å². The van der Waals surface area contributed by atoms with Gasteiger partial charge in [0.05, 0.1) is 0 Å². The van der Waals surface area contributed by atoms with Crippen molar-refractivity contribution in [2.75, 3.05) is 20.1 Å². The third-order valence-electron chi connectivity index (χ3n) is 3.60. The van der Waals surface area contributed by atoms with Gasteiger partial charge in [0.2, 0.25) is 10.0 Å². The first-order valence-corrected chi connectivity index (χ1v) is 11.5. The van der Waals surface area contributed by atoms with Crippen LogP contribution in [0.5, 0.6) is 0 Å². The predicted octanol–water partition coefficient (Wildman–Crippen LogP) is 2.50. The molecule has 2 aromatic rings. The number of aryl methyl sites for hydroxylation is 2. The van der Waals surface area contributed by atoms with E-state index in [4.69, 9.17) is 0 Å². The van der Waals surface area contributed by atoms with Gasteiger partial charge in [0, 0.05) is 47.2 Å². The molecule has 0 spiro atoms. The number of aliphatic imine (C=N–C) groups is 1. The number of thiophene rings is 2. The Hall–Kier alpha value is -1.42. The molecule has 0 amide bonds. The molecule has 9 heteroatoms. The molecule has 1 unspecified atom stereocenters. The van der Waals surface area contributed by atoms with Crippen LogP contribution in [0.4, 0.5) is 0 Å². The number of nitrogens with one attached hydrogen (secondary N) is 3. The molecule has 26 heavy (non-hydrogen) atoms. The summed E-state index contributed by atoms with van der Waals surface area (Å²) >= 11 is 3.07. The lowest BCUT2D eigenvalue weighted by atomic mass is 10.2. The Morgan fingerprint density at radius 2 is 1.81 bits per heavy atom. The fourth-order valence-corrected chi connectivity index (χ4v) is 5.75. The van der Waals surface area contributed by atoms with Gasteiger partial charge in [-0.15, -0.1) is 22.7 Å². The number of nitrogens with zero attached hydrogens (tertiary/aromatic N) is 1. The van der Waals surface area contributed by atoms with Crippen molar-refractivity contribution in [1.29, 1.82) is 0 Å². The standard InChI is InChI=1S/C17H26N4O2S3/c1-12(11-15-7-5-13(2)24-15)21-17(18-4)19-9-10-20-26(22,23)16-8-6-14(3)25-16/h5-8,12,20H,9-11H2,1-4H3,(H2,18,19,21). The summed E-state index contributed by atoms with van der Waals surface area (Å²) in [5.41, 5.74) is 0. The average molecular weight is 415 g/mol. The molecule has 3 N–H and O–H groups in total. The molecule has 6 nitrogen and oxygen atoms in total. The first-order chi connectivity index (χ1) is 12.3. The van der Waals surface area contributed by atoms with Crippen LogP contribution in [-0.4, -0.2) is 40.6 Å². The normalized spacial score (nSPS) is 13.6. The largest absolute Gasteiger partial charge is 0.355 e. The number of rotatable bonds is 8. The van der Waals surface area contributed by atoms with E-state index in [9.17, 15) is 8.42 Å². The lowest BCUT2D eigenvalue weighted by molar-refractivity contribution is 0.581. The van der Waals surface area contributed by atoms with Gasteiger partial charge in [-0.05, 0) is 45.0 Å². The van der Waals surface area contributed by atoms with E-state index in [0.29, 0.717) is 23.3 Å². The van der Waals surface area contributed by atoms with Crippen LogP contribution in [0.2, 0.25) is 0 Å². The zero-order valence-corrected chi connectivity index (χ0v) is 17.9. The molecular formula is C17H26N4O2S3. The van der Waals surface area contributed by atoms with E-state index in [-0.39, 0.29) is 6.04 Å². The molecule has 0 aliphatic carbocycles. The molecule has 0 aromatic carbocycles. The smallest absolute Gasteiger partial charge is 0.250 e. The van der Waals surface area contributed by atoms with Crippen LogP contribution in [0.15, 0.2) is 33.5 Å². The third-order valence-corrected chi connectivity index (χ3v) is 7.58. The van der Waals surface area contributed by atoms with E-state index in [1.54, 1.807) is 30.5 Å². The lowest BCUT2D eigenvalue weighted by Gasteiger charge is -2.17. The molecular weight excluding hydrogens is 388 g/mol. The first-order valence-electron chi connectivity index (χ1n) is 8.39. The highest BCUT2D eigenvalue weighted by Crippen LogP contribution is 2.20. The fourth-order valence-electron chi connectivity index (χ4n) is 2.37. The van der Waals surface area contributed by atoms with Crippen molar-refractivity contribution in [3.63, 3.8) is 0 Å². The maximum absolute atomic E-state index is 12.2. The number of guanidine groups is 1.